The van der Waals surface area contributed by atoms with Crippen molar-refractivity contribution in [1.82, 2.24) is 0 Å². The molecule has 0 atom stereocenters. The Bertz CT molecular complexity index is 966. The van der Waals surface area contributed by atoms with Crippen molar-refractivity contribution in [1.29, 1.82) is 5.26 Å². The molecule has 0 radical (unpaired) electrons. The summed E-state index contributed by atoms with van der Waals surface area (Å²) in [5, 5.41) is 23.6. The van der Waals surface area contributed by atoms with E-state index < -0.39 is 10.8 Å². The smallest absolute Gasteiger partial charge is 0.280 e. The molecule has 0 aliphatic carbocycles. The second kappa shape index (κ2) is 8.69. The number of methoxy groups -OCH3 is 2. The Morgan fingerprint density at radius 1 is 1.26 bits per heavy atom. The lowest BCUT2D eigenvalue weighted by Gasteiger charge is -2.09. The van der Waals surface area contributed by atoms with Crippen LogP contribution in [0.4, 0.5) is 11.4 Å². The van der Waals surface area contributed by atoms with Crippen LogP contribution in [0.25, 0.3) is 6.08 Å². The molecule has 0 fully saturated rings. The van der Waals surface area contributed by atoms with E-state index in [1.165, 1.54) is 26.4 Å². The molecule has 8 nitrogen and oxygen atoms in total. The summed E-state index contributed by atoms with van der Waals surface area (Å²) in [6.07, 6.45) is 1.11. The average molecular weight is 388 g/mol. The van der Waals surface area contributed by atoms with E-state index in [1.54, 1.807) is 24.3 Å². The Kier molecular flexibility index (Phi) is 6.36. The first-order valence-corrected chi connectivity index (χ1v) is 7.86. The molecular weight excluding hydrogens is 374 g/mol. The van der Waals surface area contributed by atoms with Gasteiger partial charge in [-0.3, -0.25) is 14.9 Å². The number of amides is 1. The number of hydrogen-bond acceptors (Lipinski definition) is 6. The number of ether oxygens (including phenoxy) is 2. The highest BCUT2D eigenvalue weighted by Crippen LogP contribution is 2.35. The number of nitro benzene ring substituents is 1. The Morgan fingerprint density at radius 2 is 1.93 bits per heavy atom. The molecule has 2 rings (SSSR count). The number of nitriles is 1. The van der Waals surface area contributed by atoms with E-state index in [0.717, 1.165) is 12.1 Å². The predicted octanol–water partition coefficient (Wildman–Crippen LogP) is 3.81. The van der Waals surface area contributed by atoms with Gasteiger partial charge >= 0.3 is 0 Å². The van der Waals surface area contributed by atoms with E-state index >= 15 is 0 Å². The fourth-order valence-electron chi connectivity index (χ4n) is 2.23. The molecule has 0 aliphatic rings. The molecule has 2 aromatic rings. The van der Waals surface area contributed by atoms with Gasteiger partial charge in [0.1, 0.15) is 11.6 Å². The molecule has 0 aromatic heterocycles. The largest absolute Gasteiger partial charge is 0.493 e. The third-order valence-corrected chi connectivity index (χ3v) is 3.71. The lowest BCUT2D eigenvalue weighted by Crippen LogP contribution is -2.13. The molecule has 1 N–H and O–H groups in total. The molecule has 0 aliphatic heterocycles. The van der Waals surface area contributed by atoms with Gasteiger partial charge in [0.05, 0.1) is 30.8 Å². The highest BCUT2D eigenvalue weighted by atomic mass is 35.5. The molecule has 27 heavy (non-hydrogen) atoms. The van der Waals surface area contributed by atoms with Crippen molar-refractivity contribution in [3.8, 4) is 17.6 Å². The van der Waals surface area contributed by atoms with Crippen LogP contribution >= 0.6 is 11.6 Å². The van der Waals surface area contributed by atoms with Gasteiger partial charge in [-0.15, -0.1) is 0 Å². The van der Waals surface area contributed by atoms with E-state index in [-0.39, 0.29) is 28.3 Å². The van der Waals surface area contributed by atoms with Crippen LogP contribution in [0.1, 0.15) is 5.56 Å². The molecule has 0 spiro atoms. The van der Waals surface area contributed by atoms with Crippen LogP contribution in [-0.4, -0.2) is 25.1 Å². The van der Waals surface area contributed by atoms with Crippen LogP contribution in [0, 0.1) is 21.4 Å². The van der Waals surface area contributed by atoms with Crippen molar-refractivity contribution in [3.05, 3.63) is 62.7 Å². The molecule has 1 amide bonds. The van der Waals surface area contributed by atoms with E-state index in [1.807, 2.05) is 0 Å². The minimum Gasteiger partial charge on any atom is -0.493 e. The SMILES string of the molecule is COc1cc(C=C(C#N)C(=O)Nc2cccc(Cl)c2)c([N+](=O)[O-])cc1OC. The summed E-state index contributed by atoms with van der Waals surface area (Å²) in [7, 11) is 2.71. The second-order valence-electron chi connectivity index (χ2n) is 5.16. The number of rotatable bonds is 6. The molecular formula is C18H14ClN3O5. The van der Waals surface area contributed by atoms with Crippen LogP contribution in [0.3, 0.4) is 0 Å². The zero-order valence-electron chi connectivity index (χ0n) is 14.4. The first kappa shape index (κ1) is 19.8. The van der Waals surface area contributed by atoms with Crippen LogP contribution < -0.4 is 14.8 Å². The van der Waals surface area contributed by atoms with Crippen molar-refractivity contribution >= 4 is 35.0 Å². The van der Waals surface area contributed by atoms with Gasteiger partial charge in [0.2, 0.25) is 0 Å². The maximum atomic E-state index is 12.3. The molecule has 0 bridgehead atoms. The van der Waals surface area contributed by atoms with Gasteiger partial charge in [-0.1, -0.05) is 17.7 Å². The van der Waals surface area contributed by atoms with Gasteiger partial charge in [0.25, 0.3) is 11.6 Å². The van der Waals surface area contributed by atoms with Gasteiger partial charge in [0, 0.05) is 10.7 Å². The summed E-state index contributed by atoms with van der Waals surface area (Å²) in [5.74, 6) is -0.353. The highest BCUT2D eigenvalue weighted by molar-refractivity contribution is 6.31. The number of nitro groups is 1. The van der Waals surface area contributed by atoms with Gasteiger partial charge in [0.15, 0.2) is 11.5 Å². The first-order chi connectivity index (χ1) is 12.9. The summed E-state index contributed by atoms with van der Waals surface area (Å²) < 4.78 is 10.2. The van der Waals surface area contributed by atoms with E-state index in [0.29, 0.717) is 10.7 Å². The summed E-state index contributed by atoms with van der Waals surface area (Å²) in [6, 6.07) is 10.6. The fourth-order valence-corrected chi connectivity index (χ4v) is 2.42. The van der Waals surface area contributed by atoms with E-state index in [2.05, 4.69) is 5.32 Å². The molecule has 0 heterocycles. The van der Waals surface area contributed by atoms with Crippen molar-refractivity contribution in [3.63, 3.8) is 0 Å². The lowest BCUT2D eigenvalue weighted by molar-refractivity contribution is -0.385. The van der Waals surface area contributed by atoms with E-state index in [4.69, 9.17) is 21.1 Å². The van der Waals surface area contributed by atoms with Crippen LogP contribution in [0.15, 0.2) is 42.0 Å². The summed E-state index contributed by atoms with van der Waals surface area (Å²) in [4.78, 5) is 23.0. The van der Waals surface area contributed by atoms with Crippen LogP contribution in [0.5, 0.6) is 11.5 Å². The number of halogens is 1. The second-order valence-corrected chi connectivity index (χ2v) is 5.59. The maximum Gasteiger partial charge on any atom is 0.280 e. The first-order valence-electron chi connectivity index (χ1n) is 7.48. The maximum absolute atomic E-state index is 12.3. The highest BCUT2D eigenvalue weighted by Gasteiger charge is 2.20. The number of benzene rings is 2. The Labute approximate surface area is 159 Å². The Hall–Kier alpha value is -3.57. The van der Waals surface area contributed by atoms with Gasteiger partial charge in [-0.05, 0) is 30.3 Å². The molecule has 0 unspecified atom stereocenters. The number of hydrogen-bond donors (Lipinski definition) is 1. The van der Waals surface area contributed by atoms with E-state index in [9.17, 15) is 20.2 Å². The van der Waals surface area contributed by atoms with Crippen molar-refractivity contribution < 1.29 is 19.2 Å². The summed E-state index contributed by atoms with van der Waals surface area (Å²) >= 11 is 5.86. The monoisotopic (exact) mass is 387 g/mol. The quantitative estimate of drug-likeness (QED) is 0.349. The number of nitrogens with zero attached hydrogens (tertiary/aromatic N) is 2. The van der Waals surface area contributed by atoms with Crippen LogP contribution in [-0.2, 0) is 4.79 Å². The van der Waals surface area contributed by atoms with Crippen molar-refractivity contribution in [2.75, 3.05) is 19.5 Å². The number of anilines is 1. The topological polar surface area (TPSA) is 114 Å². The normalized spacial score (nSPS) is 10.7. The number of carbonyl (C=O) groups excluding carboxylic acids is 1. The van der Waals surface area contributed by atoms with Gasteiger partial charge < -0.3 is 14.8 Å². The van der Waals surface area contributed by atoms with Crippen molar-refractivity contribution in [2.45, 2.75) is 0 Å². The summed E-state index contributed by atoms with van der Waals surface area (Å²) in [6.45, 7) is 0. The molecule has 9 heteroatoms. The lowest BCUT2D eigenvalue weighted by atomic mass is 10.1. The Morgan fingerprint density at radius 3 is 2.48 bits per heavy atom. The van der Waals surface area contributed by atoms with Gasteiger partial charge in [-0.25, -0.2) is 0 Å². The molecule has 138 valence electrons. The fraction of sp³-hybridized carbons (Fsp3) is 0.111. The minimum atomic E-state index is -0.733. The average Bonchev–Trinajstić information content (AvgIpc) is 2.65. The summed E-state index contributed by atoms with van der Waals surface area (Å²) in [5.41, 5.74) is -0.257. The molecule has 0 saturated heterocycles. The third kappa shape index (κ3) is 4.74. The third-order valence-electron chi connectivity index (χ3n) is 3.48. The predicted molar refractivity (Wildman–Crippen MR) is 99.9 cm³/mol. The standard InChI is InChI=1S/C18H14ClN3O5/c1-26-16-7-11(15(22(24)25)9-17(16)27-2)6-12(10-20)18(23)21-14-5-3-4-13(19)8-14/h3-9H,1-2H3,(H,21,23). The Balaban J connectivity index is 2.45. The van der Waals surface area contributed by atoms with Crippen molar-refractivity contribution in [2.24, 2.45) is 0 Å². The number of carbonyl (C=O) groups is 1. The molecule has 2 aromatic carbocycles. The zero-order chi connectivity index (χ0) is 20.0. The number of nitrogens with one attached hydrogen (secondary N) is 1. The molecule has 0 saturated carbocycles. The van der Waals surface area contributed by atoms with Crippen LogP contribution in [0.2, 0.25) is 5.02 Å². The van der Waals surface area contributed by atoms with Gasteiger partial charge in [-0.2, -0.15) is 5.26 Å². The minimum absolute atomic E-state index is 0.0236. The zero-order valence-corrected chi connectivity index (χ0v) is 15.1.